The largest absolute Gasteiger partial charge is 0.416 e. The first-order valence-corrected chi connectivity index (χ1v) is 10.6. The number of benzene rings is 2. The van der Waals surface area contributed by atoms with Crippen LogP contribution in [0.2, 0.25) is 0 Å². The van der Waals surface area contributed by atoms with Gasteiger partial charge in [0.15, 0.2) is 0 Å². The second-order valence-electron chi connectivity index (χ2n) is 6.64. The van der Waals surface area contributed by atoms with E-state index >= 15 is 0 Å². The molecule has 2 aromatic carbocycles. The summed E-state index contributed by atoms with van der Waals surface area (Å²) in [5, 5.41) is 4.61. The Morgan fingerprint density at radius 1 is 1.16 bits per heavy atom. The number of alkyl halides is 3. The summed E-state index contributed by atoms with van der Waals surface area (Å²) in [6.07, 6.45) is -3.26. The van der Waals surface area contributed by atoms with Gasteiger partial charge in [0, 0.05) is 21.1 Å². The minimum atomic E-state index is -4.52. The van der Waals surface area contributed by atoms with Crippen LogP contribution < -0.4 is 10.9 Å². The standard InChI is InChI=1S/C21H13BrF3N3O2S/c22-14-6-4-12(5-7-14)16-10-31-19-18(16)20(30)28(11-26-19)9-17(29)27-15-3-1-2-13(8-15)21(23,24)25/h1-8,10-11H,9H2,(H,27,29). The highest BCUT2D eigenvalue weighted by atomic mass is 79.9. The zero-order chi connectivity index (χ0) is 22.2. The molecule has 2 heterocycles. The lowest BCUT2D eigenvalue weighted by atomic mass is 10.1. The lowest BCUT2D eigenvalue weighted by Crippen LogP contribution is -2.27. The first-order valence-electron chi connectivity index (χ1n) is 8.92. The third-order valence-electron chi connectivity index (χ3n) is 4.50. The molecule has 4 aromatic rings. The Bertz CT molecular complexity index is 1330. The van der Waals surface area contributed by atoms with Gasteiger partial charge >= 0.3 is 6.18 Å². The Hall–Kier alpha value is -2.98. The molecule has 0 unspecified atom stereocenters. The Balaban J connectivity index is 1.61. The number of nitrogens with zero attached hydrogens (tertiary/aromatic N) is 2. The lowest BCUT2D eigenvalue weighted by molar-refractivity contribution is -0.137. The first-order chi connectivity index (χ1) is 14.7. The number of hydrogen-bond acceptors (Lipinski definition) is 4. The van der Waals surface area contributed by atoms with Crippen molar-refractivity contribution in [3.8, 4) is 11.1 Å². The summed E-state index contributed by atoms with van der Waals surface area (Å²) < 4.78 is 40.6. The fourth-order valence-electron chi connectivity index (χ4n) is 3.05. The molecule has 1 amide bonds. The Labute approximate surface area is 186 Å². The van der Waals surface area contributed by atoms with Gasteiger partial charge in [-0.25, -0.2) is 4.98 Å². The molecule has 0 fully saturated rings. The number of carbonyl (C=O) groups is 1. The molecule has 0 bridgehead atoms. The van der Waals surface area contributed by atoms with Crippen molar-refractivity contribution in [2.24, 2.45) is 0 Å². The number of halogens is 4. The normalized spacial score (nSPS) is 11.6. The van der Waals surface area contributed by atoms with Crippen LogP contribution in [0.1, 0.15) is 5.56 Å². The Morgan fingerprint density at radius 2 is 1.90 bits per heavy atom. The van der Waals surface area contributed by atoms with E-state index in [1.54, 1.807) is 0 Å². The predicted molar refractivity (Wildman–Crippen MR) is 117 cm³/mol. The fourth-order valence-corrected chi connectivity index (χ4v) is 4.22. The molecule has 10 heteroatoms. The van der Waals surface area contributed by atoms with Gasteiger partial charge in [0.1, 0.15) is 11.4 Å². The molecule has 0 saturated heterocycles. The number of hydrogen-bond donors (Lipinski definition) is 1. The molecule has 0 saturated carbocycles. The van der Waals surface area contributed by atoms with Crippen molar-refractivity contribution >= 4 is 49.1 Å². The summed E-state index contributed by atoms with van der Waals surface area (Å²) in [6.45, 7) is -0.381. The maximum absolute atomic E-state index is 13.0. The molecular weight excluding hydrogens is 495 g/mol. The maximum Gasteiger partial charge on any atom is 0.416 e. The molecule has 0 aliphatic carbocycles. The van der Waals surface area contributed by atoms with Crippen LogP contribution in [0.3, 0.4) is 0 Å². The molecule has 4 rings (SSSR count). The SMILES string of the molecule is O=C(Cn1cnc2scc(-c3ccc(Br)cc3)c2c1=O)Nc1cccc(C(F)(F)F)c1. The fraction of sp³-hybridized carbons (Fsp3) is 0.0952. The Morgan fingerprint density at radius 3 is 2.61 bits per heavy atom. The molecule has 0 spiro atoms. The molecule has 0 radical (unpaired) electrons. The molecule has 158 valence electrons. The molecule has 31 heavy (non-hydrogen) atoms. The van der Waals surface area contributed by atoms with Crippen LogP contribution in [0.4, 0.5) is 18.9 Å². The van der Waals surface area contributed by atoms with Crippen LogP contribution in [-0.4, -0.2) is 15.5 Å². The van der Waals surface area contributed by atoms with E-state index in [0.29, 0.717) is 15.8 Å². The number of aromatic nitrogens is 2. The van der Waals surface area contributed by atoms with E-state index in [0.717, 1.165) is 26.7 Å². The zero-order valence-electron chi connectivity index (χ0n) is 15.6. The number of thiophene rings is 1. The van der Waals surface area contributed by atoms with Gasteiger partial charge in [-0.3, -0.25) is 14.2 Å². The second kappa shape index (κ2) is 8.27. The van der Waals surface area contributed by atoms with Crippen molar-refractivity contribution in [1.29, 1.82) is 0 Å². The van der Waals surface area contributed by atoms with E-state index in [9.17, 15) is 22.8 Å². The average molecular weight is 508 g/mol. The molecule has 0 aliphatic heterocycles. The zero-order valence-corrected chi connectivity index (χ0v) is 18.0. The van der Waals surface area contributed by atoms with Crippen LogP contribution >= 0.6 is 27.3 Å². The minimum Gasteiger partial charge on any atom is -0.325 e. The van der Waals surface area contributed by atoms with Crippen LogP contribution in [-0.2, 0) is 17.5 Å². The maximum atomic E-state index is 13.0. The number of amides is 1. The van der Waals surface area contributed by atoms with Crippen LogP contribution in [0.15, 0.2) is 69.5 Å². The van der Waals surface area contributed by atoms with Crippen molar-refractivity contribution in [2.75, 3.05) is 5.32 Å². The second-order valence-corrected chi connectivity index (χ2v) is 8.41. The average Bonchev–Trinajstić information content (AvgIpc) is 3.15. The van der Waals surface area contributed by atoms with Crippen molar-refractivity contribution < 1.29 is 18.0 Å². The van der Waals surface area contributed by atoms with E-state index in [1.807, 2.05) is 29.6 Å². The summed E-state index contributed by atoms with van der Waals surface area (Å²) in [5.41, 5.74) is 0.261. The van der Waals surface area contributed by atoms with Gasteiger partial charge in [0.05, 0.1) is 17.3 Å². The third-order valence-corrected chi connectivity index (χ3v) is 5.92. The van der Waals surface area contributed by atoms with Gasteiger partial charge in [-0.1, -0.05) is 34.1 Å². The summed E-state index contributed by atoms with van der Waals surface area (Å²) >= 11 is 4.69. The number of carbonyl (C=O) groups excluding carboxylic acids is 1. The van der Waals surface area contributed by atoms with E-state index in [2.05, 4.69) is 26.2 Å². The van der Waals surface area contributed by atoms with Gasteiger partial charge in [0.25, 0.3) is 5.56 Å². The quantitative estimate of drug-likeness (QED) is 0.394. The van der Waals surface area contributed by atoms with E-state index < -0.39 is 23.2 Å². The number of rotatable bonds is 4. The van der Waals surface area contributed by atoms with E-state index in [-0.39, 0.29) is 12.2 Å². The number of fused-ring (bicyclic) bond motifs is 1. The highest BCUT2D eigenvalue weighted by molar-refractivity contribution is 9.10. The van der Waals surface area contributed by atoms with Gasteiger partial charge < -0.3 is 5.32 Å². The molecule has 0 aliphatic rings. The van der Waals surface area contributed by atoms with Crippen LogP contribution in [0.5, 0.6) is 0 Å². The summed E-state index contributed by atoms with van der Waals surface area (Å²) in [5.74, 6) is -0.636. The van der Waals surface area contributed by atoms with Crippen molar-refractivity contribution in [1.82, 2.24) is 9.55 Å². The number of anilines is 1. The van der Waals surface area contributed by atoms with Crippen LogP contribution in [0, 0.1) is 0 Å². The summed E-state index contributed by atoms with van der Waals surface area (Å²) in [4.78, 5) is 30.2. The molecule has 1 N–H and O–H groups in total. The van der Waals surface area contributed by atoms with Crippen molar-refractivity contribution in [3.63, 3.8) is 0 Å². The van der Waals surface area contributed by atoms with Gasteiger partial charge in [-0.15, -0.1) is 11.3 Å². The monoisotopic (exact) mass is 507 g/mol. The summed E-state index contributed by atoms with van der Waals surface area (Å²) in [7, 11) is 0. The van der Waals surface area contributed by atoms with Gasteiger partial charge in [-0.05, 0) is 35.9 Å². The van der Waals surface area contributed by atoms with Crippen molar-refractivity contribution in [2.45, 2.75) is 12.7 Å². The van der Waals surface area contributed by atoms with Crippen molar-refractivity contribution in [3.05, 3.63) is 80.6 Å². The van der Waals surface area contributed by atoms with Gasteiger partial charge in [0.2, 0.25) is 5.91 Å². The van der Waals surface area contributed by atoms with E-state index in [4.69, 9.17) is 0 Å². The highest BCUT2D eigenvalue weighted by Crippen LogP contribution is 2.32. The lowest BCUT2D eigenvalue weighted by Gasteiger charge is -2.10. The summed E-state index contributed by atoms with van der Waals surface area (Å²) in [6, 6.07) is 11.7. The third kappa shape index (κ3) is 4.54. The Kier molecular flexibility index (Phi) is 5.67. The molecular formula is C21H13BrF3N3O2S. The van der Waals surface area contributed by atoms with Crippen LogP contribution in [0.25, 0.3) is 21.3 Å². The molecule has 0 atom stereocenters. The predicted octanol–water partition coefficient (Wildman–Crippen LogP) is 5.55. The van der Waals surface area contributed by atoms with E-state index in [1.165, 1.54) is 29.8 Å². The highest BCUT2D eigenvalue weighted by Gasteiger charge is 2.30. The molecule has 2 aromatic heterocycles. The minimum absolute atomic E-state index is 0.00649. The number of nitrogens with one attached hydrogen (secondary N) is 1. The molecule has 5 nitrogen and oxygen atoms in total. The smallest absolute Gasteiger partial charge is 0.325 e. The van der Waals surface area contributed by atoms with Gasteiger partial charge in [-0.2, -0.15) is 13.2 Å². The topological polar surface area (TPSA) is 64.0 Å². The first kappa shape index (κ1) is 21.3.